The minimum absolute atomic E-state index is 0.136. The molecule has 13 heteroatoms. The van der Waals surface area contributed by atoms with E-state index in [1.807, 2.05) is 0 Å². The first kappa shape index (κ1) is 22.3. The van der Waals surface area contributed by atoms with E-state index >= 15 is 0 Å². The Morgan fingerprint density at radius 2 is 1.75 bits per heavy atom. The molecule has 1 atom stereocenters. The van der Waals surface area contributed by atoms with Crippen LogP contribution in [0.1, 0.15) is 25.5 Å². The van der Waals surface area contributed by atoms with Crippen LogP contribution in [0.2, 0.25) is 0 Å². The van der Waals surface area contributed by atoms with E-state index in [1.54, 1.807) is 25.8 Å². The van der Waals surface area contributed by atoms with Crippen LogP contribution < -0.4 is 20.3 Å². The average molecular weight is 470 g/mol. The summed E-state index contributed by atoms with van der Waals surface area (Å²) in [5, 5.41) is 5.92. The van der Waals surface area contributed by atoms with Gasteiger partial charge >= 0.3 is 0 Å². The number of nitrogens with zero attached hydrogens (tertiary/aromatic N) is 3. The molecule has 1 aliphatic carbocycles. The second kappa shape index (κ2) is 7.89. The third-order valence-electron chi connectivity index (χ3n) is 5.67. The lowest BCUT2D eigenvalue weighted by Crippen LogP contribution is -2.50. The predicted octanol–water partition coefficient (Wildman–Crippen LogP) is 1.90. The zero-order chi connectivity index (χ0) is 23.4. The lowest BCUT2D eigenvalue weighted by molar-refractivity contribution is -0.117. The van der Waals surface area contributed by atoms with Gasteiger partial charge in [-0.2, -0.15) is 4.98 Å². The summed E-state index contributed by atoms with van der Waals surface area (Å²) in [5.74, 6) is -4.11. The first-order chi connectivity index (χ1) is 15.0. The van der Waals surface area contributed by atoms with Gasteiger partial charge < -0.3 is 15.5 Å². The molecule has 2 aliphatic rings. The number of likely N-dealkylation sites (N-methyl/N-ethyl adjacent to an activating group) is 1. The fourth-order valence-corrected chi connectivity index (χ4v) is 4.88. The molecular weight excluding hydrogens is 449 g/mol. The van der Waals surface area contributed by atoms with Gasteiger partial charge in [-0.3, -0.25) is 4.79 Å². The van der Waals surface area contributed by atoms with Crippen molar-refractivity contribution in [2.75, 3.05) is 22.6 Å². The zero-order valence-electron chi connectivity index (χ0n) is 17.4. The van der Waals surface area contributed by atoms with E-state index in [2.05, 4.69) is 25.3 Å². The van der Waals surface area contributed by atoms with Crippen molar-refractivity contribution in [1.29, 1.82) is 0 Å². The zero-order valence-corrected chi connectivity index (χ0v) is 18.2. The number of aromatic nitrogens is 2. The Balaban J connectivity index is 1.41. The summed E-state index contributed by atoms with van der Waals surface area (Å²) < 4.78 is 66.9. The van der Waals surface area contributed by atoms with E-state index in [4.69, 9.17) is 0 Å². The molecule has 0 bridgehead atoms. The Hall–Kier alpha value is -2.93. The highest BCUT2D eigenvalue weighted by Gasteiger charge is 2.35. The fourth-order valence-electron chi connectivity index (χ4n) is 3.60. The minimum atomic E-state index is -4.22. The number of sulfonamides is 1. The van der Waals surface area contributed by atoms with Crippen LogP contribution in [0.5, 0.6) is 0 Å². The van der Waals surface area contributed by atoms with Crippen LogP contribution in [-0.4, -0.2) is 49.5 Å². The summed E-state index contributed by atoms with van der Waals surface area (Å²) in [4.78, 5) is 21.9. The summed E-state index contributed by atoms with van der Waals surface area (Å²) in [5.41, 5.74) is 1.13. The molecule has 0 spiro atoms. The summed E-state index contributed by atoms with van der Waals surface area (Å²) >= 11 is 0. The monoisotopic (exact) mass is 470 g/mol. The van der Waals surface area contributed by atoms with Gasteiger partial charge in [-0.15, -0.1) is 0 Å². The van der Waals surface area contributed by atoms with Crippen LogP contribution in [-0.2, 0) is 14.8 Å². The van der Waals surface area contributed by atoms with E-state index < -0.39 is 44.5 Å². The van der Waals surface area contributed by atoms with Crippen molar-refractivity contribution in [3.8, 4) is 0 Å². The van der Waals surface area contributed by atoms with Crippen LogP contribution in [0.25, 0.3) is 0 Å². The highest BCUT2D eigenvalue weighted by atomic mass is 32.2. The Kier molecular flexibility index (Phi) is 5.49. The van der Waals surface area contributed by atoms with Crippen molar-refractivity contribution >= 4 is 33.4 Å². The molecule has 1 aromatic heterocycles. The largest absolute Gasteiger partial charge is 0.351 e. The number of amides is 1. The summed E-state index contributed by atoms with van der Waals surface area (Å²) in [7, 11) is -2.46. The number of carbonyl (C=O) groups excluding carboxylic acids is 1. The maximum atomic E-state index is 13.4. The van der Waals surface area contributed by atoms with Gasteiger partial charge in [0.25, 0.3) is 0 Å². The van der Waals surface area contributed by atoms with E-state index in [1.165, 1.54) is 0 Å². The maximum absolute atomic E-state index is 13.4. The molecule has 1 fully saturated rings. The average Bonchev–Trinajstić information content (AvgIpc) is 2.69. The van der Waals surface area contributed by atoms with E-state index in [0.717, 1.165) is 0 Å². The van der Waals surface area contributed by atoms with Crippen LogP contribution in [0.4, 0.5) is 30.6 Å². The molecule has 2 heterocycles. The molecule has 0 saturated heterocycles. The lowest BCUT2D eigenvalue weighted by Gasteiger charge is -2.37. The number of anilines is 3. The molecule has 1 saturated carbocycles. The molecular formula is C19H21F3N6O3S. The molecule has 4 rings (SSSR count). The molecule has 1 aromatic carbocycles. The van der Waals surface area contributed by atoms with Crippen molar-refractivity contribution in [3.63, 3.8) is 0 Å². The van der Waals surface area contributed by atoms with Crippen molar-refractivity contribution in [1.82, 2.24) is 14.7 Å². The molecule has 32 heavy (non-hydrogen) atoms. The highest BCUT2D eigenvalue weighted by Crippen LogP contribution is 2.33. The summed E-state index contributed by atoms with van der Waals surface area (Å²) in [6.45, 7) is 3.50. The topological polar surface area (TPSA) is 116 Å². The summed E-state index contributed by atoms with van der Waals surface area (Å²) in [6, 6.07) is -0.130. The number of benzene rings is 1. The molecule has 2 aromatic rings. The molecule has 0 unspecified atom stereocenters. The third kappa shape index (κ3) is 3.97. The van der Waals surface area contributed by atoms with Crippen LogP contribution in [0.15, 0.2) is 17.0 Å². The number of nitrogens with one attached hydrogen (secondary N) is 3. The first-order valence-electron chi connectivity index (χ1n) is 9.82. The standard InChI is InChI=1S/C19H21F3N6O3S/c1-8-16-17(28(3)9(2)18(29)25-16)26-19(23-8)24-10-4-11(5-10)27-32(30,31)12-6-13(20)15(22)14(21)7-12/h6-7,9-11,27H,4-5H2,1-3H3,(H,25,29)(H,23,24,26)/t9-,10-,11+/m0/s1. The summed E-state index contributed by atoms with van der Waals surface area (Å²) in [6.07, 6.45) is 0.766. The van der Waals surface area contributed by atoms with E-state index in [9.17, 15) is 26.4 Å². The number of halogens is 3. The van der Waals surface area contributed by atoms with Crippen molar-refractivity contribution < 1.29 is 26.4 Å². The molecule has 172 valence electrons. The van der Waals surface area contributed by atoms with E-state index in [-0.39, 0.29) is 11.9 Å². The van der Waals surface area contributed by atoms with Gasteiger partial charge in [0.1, 0.15) is 11.7 Å². The number of fused-ring (bicyclic) bond motifs is 1. The van der Waals surface area contributed by atoms with Gasteiger partial charge in [-0.05, 0) is 38.8 Å². The normalized spacial score (nSPS) is 22.8. The molecule has 9 nitrogen and oxygen atoms in total. The van der Waals surface area contributed by atoms with Crippen molar-refractivity contribution in [2.24, 2.45) is 0 Å². The molecule has 3 N–H and O–H groups in total. The van der Waals surface area contributed by atoms with Crippen molar-refractivity contribution in [2.45, 2.75) is 49.7 Å². The number of aryl methyl sites for hydroxylation is 1. The van der Waals surface area contributed by atoms with Gasteiger partial charge in [0.2, 0.25) is 21.9 Å². The van der Waals surface area contributed by atoms with Crippen LogP contribution >= 0.6 is 0 Å². The van der Waals surface area contributed by atoms with Crippen LogP contribution in [0.3, 0.4) is 0 Å². The fraction of sp³-hybridized carbons (Fsp3) is 0.421. The Labute approximate surface area is 182 Å². The number of hydrogen-bond donors (Lipinski definition) is 3. The van der Waals surface area contributed by atoms with Gasteiger partial charge in [-0.1, -0.05) is 0 Å². The second-order valence-electron chi connectivity index (χ2n) is 7.94. The smallest absolute Gasteiger partial charge is 0.246 e. The third-order valence-corrected chi connectivity index (χ3v) is 7.17. The first-order valence-corrected chi connectivity index (χ1v) is 11.3. The second-order valence-corrected chi connectivity index (χ2v) is 9.65. The molecule has 1 amide bonds. The van der Waals surface area contributed by atoms with Gasteiger partial charge in [0, 0.05) is 19.1 Å². The number of hydrogen-bond acceptors (Lipinski definition) is 7. The Morgan fingerprint density at radius 3 is 2.38 bits per heavy atom. The Bertz CT molecular complexity index is 1180. The van der Waals surface area contributed by atoms with Crippen molar-refractivity contribution in [3.05, 3.63) is 35.3 Å². The molecule has 0 radical (unpaired) electrons. The maximum Gasteiger partial charge on any atom is 0.246 e. The SMILES string of the molecule is Cc1nc(N[C@H]2C[C@@H](NS(=O)(=O)c3cc(F)c(F)c(F)c3)C2)nc2c1NC(=O)[C@H](C)N2C. The predicted molar refractivity (Wildman–Crippen MR) is 110 cm³/mol. The van der Waals surface area contributed by atoms with Gasteiger partial charge in [0.05, 0.1) is 10.6 Å². The number of rotatable bonds is 5. The number of carbonyl (C=O) groups is 1. The van der Waals surface area contributed by atoms with Gasteiger partial charge in [-0.25, -0.2) is 31.3 Å². The minimum Gasteiger partial charge on any atom is -0.351 e. The molecule has 1 aliphatic heterocycles. The lowest BCUT2D eigenvalue weighted by atomic mass is 9.88. The Morgan fingerprint density at radius 1 is 1.12 bits per heavy atom. The van der Waals surface area contributed by atoms with E-state index in [0.29, 0.717) is 48.1 Å². The van der Waals surface area contributed by atoms with Crippen LogP contribution in [0, 0.1) is 24.4 Å². The highest BCUT2D eigenvalue weighted by molar-refractivity contribution is 7.89. The quantitative estimate of drug-likeness (QED) is 0.572. The van der Waals surface area contributed by atoms with Gasteiger partial charge in [0.15, 0.2) is 23.3 Å².